The minimum atomic E-state index is 0.333. The predicted octanol–water partition coefficient (Wildman–Crippen LogP) is 6.49. The van der Waals surface area contributed by atoms with Crippen molar-refractivity contribution in [1.82, 2.24) is 15.2 Å². The second-order valence-corrected chi connectivity index (χ2v) is 8.64. The Bertz CT molecular complexity index is 1030. The molecule has 0 saturated carbocycles. The third-order valence-corrected chi connectivity index (χ3v) is 6.33. The average Bonchev–Trinajstić information content (AvgIpc) is 3.37. The van der Waals surface area contributed by atoms with Crippen LogP contribution in [0.5, 0.6) is 0 Å². The van der Waals surface area contributed by atoms with Gasteiger partial charge in [-0.3, -0.25) is 0 Å². The number of aromatic nitrogens is 3. The number of benzene rings is 2. The lowest BCUT2D eigenvalue weighted by molar-refractivity contribution is 0.404. The molecule has 4 aromatic rings. The Hall–Kier alpha value is -2.15. The predicted molar refractivity (Wildman–Crippen MR) is 115 cm³/mol. The van der Waals surface area contributed by atoms with E-state index in [1.165, 1.54) is 17.3 Å². The molecular weight excluding hydrogens is 410 g/mol. The van der Waals surface area contributed by atoms with Crippen LogP contribution in [0.15, 0.2) is 69.6 Å². The lowest BCUT2D eigenvalue weighted by atomic mass is 9.98. The number of hydrogen-bond acceptors (Lipinski definition) is 6. The zero-order chi connectivity index (χ0) is 19.3. The van der Waals surface area contributed by atoms with Crippen molar-refractivity contribution in [3.05, 3.63) is 82.1 Å². The Morgan fingerprint density at radius 3 is 2.64 bits per heavy atom. The Morgan fingerprint density at radius 1 is 1.07 bits per heavy atom. The molecule has 4 rings (SSSR count). The molecule has 142 valence electrons. The summed E-state index contributed by atoms with van der Waals surface area (Å²) in [5.74, 6) is 1.69. The van der Waals surface area contributed by atoms with E-state index in [0.29, 0.717) is 22.8 Å². The van der Waals surface area contributed by atoms with Crippen molar-refractivity contribution in [1.29, 1.82) is 0 Å². The first-order chi connectivity index (χ1) is 13.7. The molecular formula is C21H18ClN3OS2. The van der Waals surface area contributed by atoms with E-state index in [9.17, 15) is 0 Å². The molecule has 0 radical (unpaired) electrons. The van der Waals surface area contributed by atoms with Crippen LogP contribution in [0.25, 0.3) is 10.6 Å². The summed E-state index contributed by atoms with van der Waals surface area (Å²) in [6, 6.07) is 18.1. The molecule has 0 aliphatic heterocycles. The van der Waals surface area contributed by atoms with Crippen LogP contribution in [-0.2, 0) is 12.2 Å². The van der Waals surface area contributed by atoms with Crippen LogP contribution < -0.4 is 0 Å². The summed E-state index contributed by atoms with van der Waals surface area (Å²) >= 11 is 9.08. The molecule has 4 nitrogen and oxygen atoms in total. The summed E-state index contributed by atoms with van der Waals surface area (Å²) in [6.45, 7) is 2.17. The molecule has 1 unspecified atom stereocenters. The first-order valence-corrected chi connectivity index (χ1v) is 11.1. The maximum atomic E-state index is 5.95. The van der Waals surface area contributed by atoms with Gasteiger partial charge in [0.25, 0.3) is 5.22 Å². The second kappa shape index (κ2) is 8.90. The van der Waals surface area contributed by atoms with E-state index in [-0.39, 0.29) is 0 Å². The summed E-state index contributed by atoms with van der Waals surface area (Å²) < 4.78 is 5.80. The monoisotopic (exact) mass is 427 g/mol. The van der Waals surface area contributed by atoms with Gasteiger partial charge in [0.2, 0.25) is 5.89 Å². The van der Waals surface area contributed by atoms with Crippen LogP contribution in [0.3, 0.4) is 0 Å². The molecule has 0 amide bonds. The SMILES string of the molecule is CC(Cc1nnc(SCc2csc(-c3ccc(Cl)cc3)n2)o1)c1ccccc1. The molecule has 0 N–H and O–H groups in total. The summed E-state index contributed by atoms with van der Waals surface area (Å²) in [7, 11) is 0. The minimum Gasteiger partial charge on any atom is -0.416 e. The van der Waals surface area contributed by atoms with Gasteiger partial charge in [-0.05, 0) is 23.6 Å². The summed E-state index contributed by atoms with van der Waals surface area (Å²) in [6.07, 6.45) is 0.731. The molecule has 7 heteroatoms. The van der Waals surface area contributed by atoms with E-state index in [2.05, 4.69) is 39.6 Å². The van der Waals surface area contributed by atoms with E-state index in [1.54, 1.807) is 11.3 Å². The Labute approximate surface area is 177 Å². The highest BCUT2D eigenvalue weighted by molar-refractivity contribution is 7.98. The molecule has 0 aliphatic carbocycles. The van der Waals surface area contributed by atoms with Crippen LogP contribution in [0.4, 0.5) is 0 Å². The van der Waals surface area contributed by atoms with Gasteiger partial charge in [0, 0.05) is 28.1 Å². The number of thiazole rings is 1. The molecule has 0 spiro atoms. The quantitative estimate of drug-likeness (QED) is 0.316. The lowest BCUT2D eigenvalue weighted by Gasteiger charge is -2.08. The van der Waals surface area contributed by atoms with Gasteiger partial charge >= 0.3 is 0 Å². The van der Waals surface area contributed by atoms with Gasteiger partial charge in [0.15, 0.2) is 0 Å². The summed E-state index contributed by atoms with van der Waals surface area (Å²) in [5.41, 5.74) is 3.34. The van der Waals surface area contributed by atoms with Gasteiger partial charge in [-0.2, -0.15) is 0 Å². The topological polar surface area (TPSA) is 51.8 Å². The first-order valence-electron chi connectivity index (χ1n) is 8.88. The van der Waals surface area contributed by atoms with Gasteiger partial charge in [-0.1, -0.05) is 72.8 Å². The van der Waals surface area contributed by atoms with Gasteiger partial charge in [-0.25, -0.2) is 4.98 Å². The summed E-state index contributed by atoms with van der Waals surface area (Å²) in [5, 5.41) is 12.7. The standard InChI is InChI=1S/C21H18ClN3OS2/c1-14(15-5-3-2-4-6-15)11-19-24-25-21(26-19)28-13-18-12-27-20(23-18)16-7-9-17(22)10-8-16/h2-10,12,14H,11,13H2,1H3. The molecule has 0 bridgehead atoms. The van der Waals surface area contributed by atoms with Crippen molar-refractivity contribution in [2.75, 3.05) is 0 Å². The smallest absolute Gasteiger partial charge is 0.276 e. The second-order valence-electron chi connectivity index (χ2n) is 6.42. The van der Waals surface area contributed by atoms with Crippen LogP contribution in [0.1, 0.15) is 30.0 Å². The number of halogens is 1. The third-order valence-electron chi connectivity index (χ3n) is 4.28. The lowest BCUT2D eigenvalue weighted by Crippen LogP contribution is -1.98. The molecule has 2 aromatic heterocycles. The largest absolute Gasteiger partial charge is 0.416 e. The zero-order valence-corrected chi connectivity index (χ0v) is 17.6. The van der Waals surface area contributed by atoms with E-state index >= 15 is 0 Å². The number of hydrogen-bond donors (Lipinski definition) is 0. The normalized spacial score (nSPS) is 12.2. The Morgan fingerprint density at radius 2 is 1.86 bits per heavy atom. The molecule has 0 aliphatic rings. The van der Waals surface area contributed by atoms with Crippen molar-refractivity contribution in [2.45, 2.75) is 30.2 Å². The molecule has 28 heavy (non-hydrogen) atoms. The Kier molecular flexibility index (Phi) is 6.10. The van der Waals surface area contributed by atoms with Crippen LogP contribution in [-0.4, -0.2) is 15.2 Å². The van der Waals surface area contributed by atoms with Gasteiger partial charge < -0.3 is 4.42 Å². The molecule has 0 saturated heterocycles. The fraction of sp³-hybridized carbons (Fsp3) is 0.190. The van der Waals surface area contributed by atoms with E-state index < -0.39 is 0 Å². The van der Waals surface area contributed by atoms with Crippen molar-refractivity contribution in [3.63, 3.8) is 0 Å². The van der Waals surface area contributed by atoms with Gasteiger partial charge in [-0.15, -0.1) is 21.5 Å². The maximum Gasteiger partial charge on any atom is 0.276 e. The van der Waals surface area contributed by atoms with Crippen molar-refractivity contribution < 1.29 is 4.42 Å². The minimum absolute atomic E-state index is 0.333. The zero-order valence-electron chi connectivity index (χ0n) is 15.2. The van der Waals surface area contributed by atoms with Gasteiger partial charge in [0.05, 0.1) is 5.69 Å². The fourth-order valence-electron chi connectivity index (χ4n) is 2.77. The Balaban J connectivity index is 1.34. The van der Waals surface area contributed by atoms with E-state index in [4.69, 9.17) is 16.0 Å². The van der Waals surface area contributed by atoms with Crippen LogP contribution in [0.2, 0.25) is 5.02 Å². The summed E-state index contributed by atoms with van der Waals surface area (Å²) in [4.78, 5) is 4.68. The maximum absolute atomic E-state index is 5.95. The molecule has 1 atom stereocenters. The number of rotatable bonds is 7. The van der Waals surface area contributed by atoms with E-state index in [0.717, 1.165) is 27.7 Å². The highest BCUT2D eigenvalue weighted by atomic mass is 35.5. The average molecular weight is 428 g/mol. The van der Waals surface area contributed by atoms with Crippen molar-refractivity contribution >= 4 is 34.7 Å². The van der Waals surface area contributed by atoms with Crippen molar-refractivity contribution in [2.24, 2.45) is 0 Å². The number of nitrogens with zero attached hydrogens (tertiary/aromatic N) is 3. The van der Waals surface area contributed by atoms with Gasteiger partial charge in [0.1, 0.15) is 5.01 Å². The van der Waals surface area contributed by atoms with Crippen LogP contribution >= 0.6 is 34.7 Å². The third kappa shape index (κ3) is 4.82. The molecule has 2 aromatic carbocycles. The van der Waals surface area contributed by atoms with E-state index in [1.807, 2.05) is 42.5 Å². The number of thioether (sulfide) groups is 1. The molecule has 0 fully saturated rings. The highest BCUT2D eigenvalue weighted by Crippen LogP contribution is 2.29. The van der Waals surface area contributed by atoms with Crippen LogP contribution in [0, 0.1) is 0 Å². The molecule has 2 heterocycles. The van der Waals surface area contributed by atoms with Crippen molar-refractivity contribution in [3.8, 4) is 10.6 Å². The first kappa shape index (κ1) is 19.2. The fourth-order valence-corrected chi connectivity index (χ4v) is 4.50. The highest BCUT2D eigenvalue weighted by Gasteiger charge is 2.13.